The van der Waals surface area contributed by atoms with Gasteiger partial charge in [0.05, 0.1) is 19.1 Å². The van der Waals surface area contributed by atoms with Crippen molar-refractivity contribution in [3.05, 3.63) is 0 Å². The maximum atomic E-state index is 12.6. The van der Waals surface area contributed by atoms with Crippen molar-refractivity contribution in [2.45, 2.75) is 43.4 Å². The van der Waals surface area contributed by atoms with Crippen molar-refractivity contribution >= 4 is 48.2 Å². The number of hydrogen-bond acceptors (Lipinski definition) is 9. The molecule has 182 valence electrons. The molecule has 4 unspecified atom stereocenters. The van der Waals surface area contributed by atoms with Gasteiger partial charge in [0.1, 0.15) is 18.1 Å². The summed E-state index contributed by atoms with van der Waals surface area (Å²) in [5.74, 6) is -6.01. The van der Waals surface area contributed by atoms with Crippen LogP contribution in [0.2, 0.25) is 0 Å². The fraction of sp³-hybridized carbons (Fsp3) is 0.625. The quantitative estimate of drug-likeness (QED) is 0.0461. The Bertz CT molecular complexity index is 717. The number of carboxylic acid groups (broad SMARTS) is 2. The summed E-state index contributed by atoms with van der Waals surface area (Å²) in [6.07, 6.45) is -0.711. The molecule has 15 nitrogen and oxygen atoms in total. The molecule has 0 aromatic heterocycles. The van der Waals surface area contributed by atoms with E-state index in [1.807, 2.05) is 5.32 Å². The van der Waals surface area contributed by atoms with Gasteiger partial charge in [0, 0.05) is 12.3 Å². The number of carbonyl (C=O) groups is 5. The van der Waals surface area contributed by atoms with Crippen molar-refractivity contribution in [1.82, 2.24) is 16.0 Å². The molecule has 12 N–H and O–H groups in total. The fourth-order valence-electron chi connectivity index (χ4n) is 2.25. The Morgan fingerprint density at radius 3 is 1.91 bits per heavy atom. The molecule has 0 aromatic rings. The lowest BCUT2D eigenvalue weighted by atomic mass is 10.1. The molecular formula is C16H29N7O8S. The number of aliphatic hydroxyl groups excluding tert-OH is 1. The highest BCUT2D eigenvalue weighted by atomic mass is 32.1. The van der Waals surface area contributed by atoms with Gasteiger partial charge in [-0.3, -0.25) is 24.2 Å². The summed E-state index contributed by atoms with van der Waals surface area (Å²) in [7, 11) is 0. The smallest absolute Gasteiger partial charge is 0.328 e. The van der Waals surface area contributed by atoms with Crippen LogP contribution in [-0.4, -0.2) is 94.0 Å². The predicted molar refractivity (Wildman–Crippen MR) is 115 cm³/mol. The molecule has 4 atom stereocenters. The Hall–Kier alpha value is -3.11. The van der Waals surface area contributed by atoms with Gasteiger partial charge in [0.25, 0.3) is 0 Å². The van der Waals surface area contributed by atoms with Crippen molar-refractivity contribution in [3.8, 4) is 0 Å². The zero-order valence-corrected chi connectivity index (χ0v) is 18.0. The summed E-state index contributed by atoms with van der Waals surface area (Å²) in [6, 6.07) is -5.67. The number of aliphatic carboxylic acids is 2. The SMILES string of the molecule is NC(N)=NCCCC(NC(=O)C(CC(=O)O)NC(=O)C(N)CS)C(=O)NC(CO)C(=O)O. The van der Waals surface area contributed by atoms with Gasteiger partial charge in [-0.05, 0) is 12.8 Å². The third-order valence-electron chi connectivity index (χ3n) is 3.92. The highest BCUT2D eigenvalue weighted by Crippen LogP contribution is 2.03. The minimum absolute atomic E-state index is 0.0686. The Morgan fingerprint density at radius 2 is 1.44 bits per heavy atom. The van der Waals surface area contributed by atoms with Crippen LogP contribution in [0.3, 0.4) is 0 Å². The molecular weight excluding hydrogens is 450 g/mol. The monoisotopic (exact) mass is 479 g/mol. The van der Waals surface area contributed by atoms with Gasteiger partial charge in [-0.15, -0.1) is 0 Å². The lowest BCUT2D eigenvalue weighted by Crippen LogP contribution is -2.58. The summed E-state index contributed by atoms with van der Waals surface area (Å²) in [4.78, 5) is 62.9. The van der Waals surface area contributed by atoms with Gasteiger partial charge >= 0.3 is 11.9 Å². The van der Waals surface area contributed by atoms with E-state index in [1.54, 1.807) is 0 Å². The Balaban J connectivity index is 5.49. The first-order valence-corrected chi connectivity index (χ1v) is 9.94. The van der Waals surface area contributed by atoms with E-state index in [0.29, 0.717) is 0 Å². The van der Waals surface area contributed by atoms with Crippen molar-refractivity contribution in [1.29, 1.82) is 0 Å². The van der Waals surface area contributed by atoms with E-state index in [1.165, 1.54) is 0 Å². The van der Waals surface area contributed by atoms with E-state index in [-0.39, 0.29) is 31.1 Å². The van der Waals surface area contributed by atoms with Crippen molar-refractivity contribution in [2.75, 3.05) is 18.9 Å². The minimum atomic E-state index is -1.64. The second-order valence-electron chi connectivity index (χ2n) is 6.54. The molecule has 0 rings (SSSR count). The van der Waals surface area contributed by atoms with E-state index in [2.05, 4.69) is 28.3 Å². The van der Waals surface area contributed by atoms with Crippen LogP contribution in [0.15, 0.2) is 4.99 Å². The fourth-order valence-corrected chi connectivity index (χ4v) is 2.41. The highest BCUT2D eigenvalue weighted by Gasteiger charge is 2.31. The molecule has 0 spiro atoms. The molecule has 0 radical (unpaired) electrons. The maximum Gasteiger partial charge on any atom is 0.328 e. The van der Waals surface area contributed by atoms with Crippen LogP contribution in [0.1, 0.15) is 19.3 Å². The number of hydrogen-bond donors (Lipinski definition) is 10. The lowest BCUT2D eigenvalue weighted by Gasteiger charge is -2.24. The van der Waals surface area contributed by atoms with Crippen LogP contribution < -0.4 is 33.2 Å². The van der Waals surface area contributed by atoms with Crippen LogP contribution in [0.4, 0.5) is 0 Å². The number of aliphatic imine (C=N–C) groups is 1. The molecule has 0 fully saturated rings. The van der Waals surface area contributed by atoms with Crippen LogP contribution in [0, 0.1) is 0 Å². The molecule has 0 bridgehead atoms. The number of rotatable bonds is 15. The third-order valence-corrected chi connectivity index (χ3v) is 4.31. The first kappa shape index (κ1) is 28.9. The average Bonchev–Trinajstić information content (AvgIpc) is 2.71. The molecule has 0 saturated heterocycles. The first-order valence-electron chi connectivity index (χ1n) is 9.31. The molecule has 0 heterocycles. The van der Waals surface area contributed by atoms with Gasteiger partial charge < -0.3 is 48.5 Å². The van der Waals surface area contributed by atoms with Gasteiger partial charge in [-0.1, -0.05) is 0 Å². The summed E-state index contributed by atoms with van der Waals surface area (Å²) in [5, 5.41) is 33.6. The molecule has 0 aliphatic rings. The highest BCUT2D eigenvalue weighted by molar-refractivity contribution is 7.80. The number of guanidine groups is 1. The number of thiol groups is 1. The second kappa shape index (κ2) is 14.8. The number of nitrogens with zero attached hydrogens (tertiary/aromatic N) is 1. The number of nitrogens with two attached hydrogens (primary N) is 3. The average molecular weight is 480 g/mol. The predicted octanol–water partition coefficient (Wildman–Crippen LogP) is -4.70. The zero-order chi connectivity index (χ0) is 24.8. The van der Waals surface area contributed by atoms with Crippen LogP contribution in [0.25, 0.3) is 0 Å². The third kappa shape index (κ3) is 11.3. The summed E-state index contributed by atoms with van der Waals surface area (Å²) in [6.45, 7) is -0.828. The van der Waals surface area contributed by atoms with Gasteiger partial charge in [0.15, 0.2) is 5.96 Å². The zero-order valence-electron chi connectivity index (χ0n) is 17.1. The molecule has 0 aliphatic heterocycles. The molecule has 0 aliphatic carbocycles. The Labute approximate surface area is 188 Å². The molecule has 3 amide bonds. The number of nitrogens with one attached hydrogen (secondary N) is 3. The van der Waals surface area contributed by atoms with Crippen LogP contribution >= 0.6 is 12.6 Å². The molecule has 32 heavy (non-hydrogen) atoms. The Morgan fingerprint density at radius 1 is 0.906 bits per heavy atom. The van der Waals surface area contributed by atoms with Crippen molar-refractivity contribution in [3.63, 3.8) is 0 Å². The number of amides is 3. The van der Waals surface area contributed by atoms with E-state index in [9.17, 15) is 24.0 Å². The number of carboxylic acids is 2. The number of carbonyl (C=O) groups excluding carboxylic acids is 3. The molecule has 16 heteroatoms. The summed E-state index contributed by atoms with van der Waals surface area (Å²) in [5.41, 5.74) is 15.9. The minimum Gasteiger partial charge on any atom is -0.481 e. The van der Waals surface area contributed by atoms with Crippen molar-refractivity contribution in [2.24, 2.45) is 22.2 Å². The summed E-state index contributed by atoms with van der Waals surface area (Å²) < 4.78 is 0. The molecule has 0 aromatic carbocycles. The van der Waals surface area contributed by atoms with Gasteiger partial charge in [-0.2, -0.15) is 12.6 Å². The van der Waals surface area contributed by atoms with E-state index < -0.39 is 66.9 Å². The standard InChI is InChI=1S/C16H29N7O8S/c17-7(6-32)12(27)22-9(4-11(25)26)14(29)21-8(2-1-3-20-16(18)19)13(28)23-10(5-24)15(30)31/h7-10,24,32H,1-6,17H2,(H,21,29)(H,22,27)(H,23,28)(H,25,26)(H,30,31)(H4,18,19,20). The topological polar surface area (TPSA) is 273 Å². The number of aliphatic hydroxyl groups is 1. The Kier molecular flexibility index (Phi) is 13.4. The second-order valence-corrected chi connectivity index (χ2v) is 6.91. The van der Waals surface area contributed by atoms with E-state index in [0.717, 1.165) is 0 Å². The molecule has 0 saturated carbocycles. The maximum absolute atomic E-state index is 12.6. The first-order chi connectivity index (χ1) is 14.9. The largest absolute Gasteiger partial charge is 0.481 e. The van der Waals surface area contributed by atoms with Crippen LogP contribution in [-0.2, 0) is 24.0 Å². The van der Waals surface area contributed by atoms with Crippen molar-refractivity contribution < 1.29 is 39.3 Å². The lowest BCUT2D eigenvalue weighted by molar-refractivity contribution is -0.144. The normalized spacial score (nSPS) is 14.2. The summed E-state index contributed by atoms with van der Waals surface area (Å²) >= 11 is 3.85. The van der Waals surface area contributed by atoms with Crippen LogP contribution in [0.5, 0.6) is 0 Å². The van der Waals surface area contributed by atoms with E-state index >= 15 is 0 Å². The van der Waals surface area contributed by atoms with Gasteiger partial charge in [-0.25, -0.2) is 4.79 Å². The van der Waals surface area contributed by atoms with Gasteiger partial charge in [0.2, 0.25) is 17.7 Å². The van der Waals surface area contributed by atoms with E-state index in [4.69, 9.17) is 32.5 Å².